The zero-order valence-electron chi connectivity index (χ0n) is 10.3. The normalized spacial score (nSPS) is 10.0. The molecule has 0 unspecified atom stereocenters. The Morgan fingerprint density at radius 3 is 2.19 bits per heavy atom. The Bertz CT molecular complexity index is 556. The zero-order valence-corrected chi connectivity index (χ0v) is 10.3. The quantitative estimate of drug-likeness (QED) is 0.700. The van der Waals surface area contributed by atoms with Gasteiger partial charge in [0.25, 0.3) is 5.91 Å². The van der Waals surface area contributed by atoms with E-state index in [9.17, 15) is 27.6 Å². The third-order valence-corrected chi connectivity index (χ3v) is 1.95. The first-order valence-electron chi connectivity index (χ1n) is 5.34. The van der Waals surface area contributed by atoms with Gasteiger partial charge in [0.2, 0.25) is 0 Å². The molecule has 0 heterocycles. The summed E-state index contributed by atoms with van der Waals surface area (Å²) in [4.78, 5) is 32.5. The second-order valence-corrected chi connectivity index (χ2v) is 3.64. The van der Waals surface area contributed by atoms with Crippen molar-refractivity contribution in [1.29, 1.82) is 0 Å². The maximum atomic E-state index is 12.9. The van der Waals surface area contributed by atoms with Gasteiger partial charge in [-0.05, 0) is 0 Å². The molecule has 0 aliphatic carbocycles. The molecule has 3 N–H and O–H groups in total. The number of carboxylic acid groups (broad SMARTS) is 1. The summed E-state index contributed by atoms with van der Waals surface area (Å²) in [6.07, 6.45) is 0. The minimum Gasteiger partial charge on any atom is -0.480 e. The van der Waals surface area contributed by atoms with Crippen LogP contribution in [-0.2, 0) is 14.3 Å². The molecule has 0 atom stereocenters. The van der Waals surface area contributed by atoms with Crippen LogP contribution in [0, 0.1) is 17.5 Å². The van der Waals surface area contributed by atoms with Crippen LogP contribution in [0.2, 0.25) is 0 Å². The van der Waals surface area contributed by atoms with Crippen LogP contribution < -0.4 is 10.6 Å². The summed E-state index contributed by atoms with van der Waals surface area (Å²) in [6.45, 7) is -1.44. The van der Waals surface area contributed by atoms with E-state index >= 15 is 0 Å². The molecule has 0 aliphatic heterocycles. The average Bonchev–Trinajstić information content (AvgIpc) is 2.35. The molecule has 0 radical (unpaired) electrons. The number of carbonyl (C=O) groups excluding carboxylic acids is 2. The van der Waals surface area contributed by atoms with Gasteiger partial charge in [-0.2, -0.15) is 0 Å². The Balaban J connectivity index is 2.50. The fourth-order valence-electron chi connectivity index (χ4n) is 1.18. The Kier molecular flexibility index (Phi) is 5.67. The minimum absolute atomic E-state index is 0.414. The molecule has 0 aliphatic rings. The second-order valence-electron chi connectivity index (χ2n) is 3.64. The highest BCUT2D eigenvalue weighted by atomic mass is 19.2. The fraction of sp³-hybridized carbons (Fsp3) is 0.182. The van der Waals surface area contributed by atoms with E-state index < -0.39 is 54.3 Å². The van der Waals surface area contributed by atoms with Gasteiger partial charge in [-0.1, -0.05) is 0 Å². The molecule has 10 heteroatoms. The molecule has 0 fully saturated rings. The van der Waals surface area contributed by atoms with Crippen LogP contribution in [0.5, 0.6) is 0 Å². The van der Waals surface area contributed by atoms with E-state index in [2.05, 4.69) is 4.74 Å². The van der Waals surface area contributed by atoms with Crippen LogP contribution >= 0.6 is 0 Å². The van der Waals surface area contributed by atoms with Crippen LogP contribution in [0.3, 0.4) is 0 Å². The number of urea groups is 1. The maximum absolute atomic E-state index is 12.9. The minimum atomic E-state index is -1.70. The van der Waals surface area contributed by atoms with Crippen molar-refractivity contribution in [3.63, 3.8) is 0 Å². The first-order valence-corrected chi connectivity index (χ1v) is 5.34. The first-order chi connectivity index (χ1) is 9.79. The standard InChI is InChI=1S/C11H9F3N2O5/c12-6-1-5(2-7(13)10(6)14)15-11(20)16-8(17)3-21-4-9(18)19/h1-2H,3-4H2,(H,18,19)(H2,15,16,17,20). The summed E-state index contributed by atoms with van der Waals surface area (Å²) in [6, 6.07) is -0.114. The van der Waals surface area contributed by atoms with Gasteiger partial charge in [0, 0.05) is 17.8 Å². The number of carbonyl (C=O) groups is 3. The van der Waals surface area contributed by atoms with Crippen molar-refractivity contribution in [3.05, 3.63) is 29.6 Å². The van der Waals surface area contributed by atoms with Gasteiger partial charge >= 0.3 is 12.0 Å². The Morgan fingerprint density at radius 2 is 1.67 bits per heavy atom. The van der Waals surface area contributed by atoms with E-state index in [1.165, 1.54) is 0 Å². The van der Waals surface area contributed by atoms with Gasteiger partial charge in [-0.3, -0.25) is 10.1 Å². The highest BCUT2D eigenvalue weighted by Gasteiger charge is 2.13. The highest BCUT2D eigenvalue weighted by Crippen LogP contribution is 2.17. The number of hydrogen-bond acceptors (Lipinski definition) is 4. The van der Waals surface area contributed by atoms with E-state index in [4.69, 9.17) is 5.11 Å². The smallest absolute Gasteiger partial charge is 0.329 e. The van der Waals surface area contributed by atoms with Gasteiger partial charge in [0.05, 0.1) is 0 Å². The average molecular weight is 306 g/mol. The number of carboxylic acids is 1. The van der Waals surface area contributed by atoms with Gasteiger partial charge in [-0.25, -0.2) is 22.8 Å². The van der Waals surface area contributed by atoms with E-state index in [0.717, 1.165) is 0 Å². The SMILES string of the molecule is O=C(O)COCC(=O)NC(=O)Nc1cc(F)c(F)c(F)c1. The van der Waals surface area contributed by atoms with Gasteiger partial charge in [-0.15, -0.1) is 0 Å². The number of rotatable bonds is 5. The van der Waals surface area contributed by atoms with Crippen molar-refractivity contribution in [2.75, 3.05) is 18.5 Å². The third kappa shape index (κ3) is 5.48. The monoisotopic (exact) mass is 306 g/mol. The van der Waals surface area contributed by atoms with E-state index in [-0.39, 0.29) is 0 Å². The summed E-state index contributed by atoms with van der Waals surface area (Å²) >= 11 is 0. The van der Waals surface area contributed by atoms with Crippen LogP contribution in [0.25, 0.3) is 0 Å². The highest BCUT2D eigenvalue weighted by molar-refractivity contribution is 6.01. The Hall–Kier alpha value is -2.62. The van der Waals surface area contributed by atoms with Crippen molar-refractivity contribution in [3.8, 4) is 0 Å². The zero-order chi connectivity index (χ0) is 16.0. The number of anilines is 1. The Labute approximate surface area is 115 Å². The number of aliphatic carboxylic acids is 1. The van der Waals surface area contributed by atoms with E-state index in [0.29, 0.717) is 12.1 Å². The summed E-state index contributed by atoms with van der Waals surface area (Å²) in [5.41, 5.74) is -0.414. The van der Waals surface area contributed by atoms with Crippen molar-refractivity contribution < 1.29 is 37.4 Å². The summed E-state index contributed by atoms with van der Waals surface area (Å²) in [7, 11) is 0. The van der Waals surface area contributed by atoms with Crippen molar-refractivity contribution in [1.82, 2.24) is 5.32 Å². The molecule has 0 bridgehead atoms. The molecule has 114 valence electrons. The number of halogens is 3. The van der Waals surface area contributed by atoms with Gasteiger partial charge < -0.3 is 15.2 Å². The summed E-state index contributed by atoms with van der Waals surface area (Å²) in [5, 5.41) is 11.8. The Morgan fingerprint density at radius 1 is 1.10 bits per heavy atom. The van der Waals surface area contributed by atoms with E-state index in [1.807, 2.05) is 5.32 Å². The van der Waals surface area contributed by atoms with Crippen LogP contribution in [-0.4, -0.2) is 36.2 Å². The molecule has 0 spiro atoms. The van der Waals surface area contributed by atoms with Crippen LogP contribution in [0.4, 0.5) is 23.7 Å². The lowest BCUT2D eigenvalue weighted by Gasteiger charge is -2.07. The predicted molar refractivity (Wildman–Crippen MR) is 61.9 cm³/mol. The lowest BCUT2D eigenvalue weighted by atomic mass is 10.3. The van der Waals surface area contributed by atoms with Crippen molar-refractivity contribution in [2.24, 2.45) is 0 Å². The van der Waals surface area contributed by atoms with Crippen LogP contribution in [0.15, 0.2) is 12.1 Å². The second kappa shape index (κ2) is 7.24. The van der Waals surface area contributed by atoms with Gasteiger partial charge in [0.1, 0.15) is 13.2 Å². The number of imide groups is 1. The van der Waals surface area contributed by atoms with E-state index in [1.54, 1.807) is 5.32 Å². The topological polar surface area (TPSA) is 105 Å². The molecule has 0 saturated carbocycles. The number of amides is 3. The van der Waals surface area contributed by atoms with Crippen molar-refractivity contribution >= 4 is 23.6 Å². The molecular formula is C11H9F3N2O5. The number of hydrogen-bond donors (Lipinski definition) is 3. The molecule has 3 amide bonds. The molecule has 21 heavy (non-hydrogen) atoms. The summed E-state index contributed by atoms with van der Waals surface area (Å²) in [5.74, 6) is -7.00. The lowest BCUT2D eigenvalue weighted by Crippen LogP contribution is -2.37. The molecule has 1 aromatic rings. The van der Waals surface area contributed by atoms with Crippen LogP contribution in [0.1, 0.15) is 0 Å². The molecule has 7 nitrogen and oxygen atoms in total. The molecule has 1 aromatic carbocycles. The number of benzene rings is 1. The molecule has 0 aromatic heterocycles. The largest absolute Gasteiger partial charge is 0.480 e. The molecular weight excluding hydrogens is 297 g/mol. The summed E-state index contributed by atoms with van der Waals surface area (Å²) < 4.78 is 42.8. The fourth-order valence-corrected chi connectivity index (χ4v) is 1.18. The predicted octanol–water partition coefficient (Wildman–Crippen LogP) is 0.853. The molecule has 0 saturated heterocycles. The third-order valence-electron chi connectivity index (χ3n) is 1.95. The van der Waals surface area contributed by atoms with Gasteiger partial charge in [0.15, 0.2) is 17.5 Å². The number of ether oxygens (including phenoxy) is 1. The molecule has 1 rings (SSSR count). The van der Waals surface area contributed by atoms with Crippen molar-refractivity contribution in [2.45, 2.75) is 0 Å². The first kappa shape index (κ1) is 16.4. The lowest BCUT2D eigenvalue weighted by molar-refractivity contribution is -0.143. The maximum Gasteiger partial charge on any atom is 0.329 e. The number of nitrogens with one attached hydrogen (secondary N) is 2.